The molecule has 0 unspecified atom stereocenters. The molecule has 0 fully saturated rings. The summed E-state index contributed by atoms with van der Waals surface area (Å²) >= 11 is 0. The molecule has 0 N–H and O–H groups in total. The van der Waals surface area contributed by atoms with E-state index in [9.17, 15) is 9.59 Å². The molecule has 8 heteroatoms. The minimum Gasteiger partial charge on any atom is -0.489 e. The third kappa shape index (κ3) is 9.19. The molecule has 0 spiro atoms. The standard InChI is InChI=1S/C34H34O8/c1-37-31(23-41-33(35)27-13-17-29(18-14-27)39-21-25-9-5-3-6-10-25)32(38-2)24-42-34(36)28-15-19-30(20-16-28)40-22-26-11-7-4-8-12-26/h3-20,31-32H,21-24H2,1-2H3/t31-,32-/m0/s1. The van der Waals surface area contributed by atoms with E-state index in [4.69, 9.17) is 28.4 Å². The van der Waals surface area contributed by atoms with Crippen LogP contribution in [0.2, 0.25) is 0 Å². The summed E-state index contributed by atoms with van der Waals surface area (Å²) in [6.07, 6.45) is -1.32. The zero-order valence-corrected chi connectivity index (χ0v) is 23.6. The molecular weight excluding hydrogens is 536 g/mol. The number of esters is 2. The van der Waals surface area contributed by atoms with Gasteiger partial charge in [0.15, 0.2) is 0 Å². The van der Waals surface area contributed by atoms with Crippen molar-refractivity contribution in [3.8, 4) is 11.5 Å². The van der Waals surface area contributed by atoms with Crippen molar-refractivity contribution in [1.29, 1.82) is 0 Å². The van der Waals surface area contributed by atoms with Gasteiger partial charge in [-0.2, -0.15) is 0 Å². The summed E-state index contributed by atoms with van der Waals surface area (Å²) in [5.41, 5.74) is 2.83. The van der Waals surface area contributed by atoms with Gasteiger partial charge in [-0.15, -0.1) is 0 Å². The first-order valence-electron chi connectivity index (χ1n) is 13.5. The highest BCUT2D eigenvalue weighted by atomic mass is 16.6. The molecule has 0 aliphatic carbocycles. The second-order valence-corrected chi connectivity index (χ2v) is 9.34. The van der Waals surface area contributed by atoms with E-state index in [2.05, 4.69) is 0 Å². The Labute approximate surface area is 245 Å². The van der Waals surface area contributed by atoms with Gasteiger partial charge in [0.05, 0.1) is 11.1 Å². The number of benzene rings is 4. The van der Waals surface area contributed by atoms with Crippen LogP contribution < -0.4 is 9.47 Å². The summed E-state index contributed by atoms with van der Waals surface area (Å²) < 4.78 is 33.4. The van der Waals surface area contributed by atoms with Crippen LogP contribution in [0.5, 0.6) is 11.5 Å². The lowest BCUT2D eigenvalue weighted by atomic mass is 10.2. The monoisotopic (exact) mass is 570 g/mol. The van der Waals surface area contributed by atoms with Gasteiger partial charge in [-0.3, -0.25) is 0 Å². The second kappa shape index (κ2) is 16.0. The molecule has 0 saturated carbocycles. The summed E-state index contributed by atoms with van der Waals surface area (Å²) in [7, 11) is 2.94. The Balaban J connectivity index is 1.21. The van der Waals surface area contributed by atoms with Gasteiger partial charge in [-0.1, -0.05) is 60.7 Å². The molecule has 0 amide bonds. The van der Waals surface area contributed by atoms with Crippen LogP contribution in [0.1, 0.15) is 31.8 Å². The number of hydrogen-bond acceptors (Lipinski definition) is 8. The molecule has 0 aromatic heterocycles. The van der Waals surface area contributed by atoms with Crippen LogP contribution in [-0.2, 0) is 32.2 Å². The lowest BCUT2D eigenvalue weighted by molar-refractivity contribution is -0.0862. The molecule has 0 aliphatic heterocycles. The third-order valence-corrected chi connectivity index (χ3v) is 6.45. The highest BCUT2D eigenvalue weighted by Crippen LogP contribution is 2.17. The molecular formula is C34H34O8. The van der Waals surface area contributed by atoms with Crippen LogP contribution in [0.25, 0.3) is 0 Å². The molecule has 42 heavy (non-hydrogen) atoms. The molecule has 4 aromatic carbocycles. The number of ether oxygens (including phenoxy) is 6. The van der Waals surface area contributed by atoms with E-state index in [1.54, 1.807) is 48.5 Å². The van der Waals surface area contributed by atoms with Gasteiger partial charge in [0.1, 0.15) is 50.1 Å². The van der Waals surface area contributed by atoms with Crippen molar-refractivity contribution in [3.63, 3.8) is 0 Å². The van der Waals surface area contributed by atoms with Crippen LogP contribution in [0, 0.1) is 0 Å². The molecule has 0 saturated heterocycles. The van der Waals surface area contributed by atoms with E-state index in [0.717, 1.165) is 11.1 Å². The van der Waals surface area contributed by atoms with Gasteiger partial charge in [0.2, 0.25) is 0 Å². The summed E-state index contributed by atoms with van der Waals surface area (Å²) in [4.78, 5) is 25.2. The Kier molecular flexibility index (Phi) is 11.5. The van der Waals surface area contributed by atoms with Crippen LogP contribution >= 0.6 is 0 Å². The molecule has 0 bridgehead atoms. The first kappa shape index (κ1) is 30.3. The molecule has 8 nitrogen and oxygen atoms in total. The van der Waals surface area contributed by atoms with Crippen molar-refractivity contribution in [2.24, 2.45) is 0 Å². The topological polar surface area (TPSA) is 89.5 Å². The fourth-order valence-corrected chi connectivity index (χ4v) is 3.99. The molecule has 4 aromatic rings. The summed E-state index contributed by atoms with van der Waals surface area (Å²) in [6, 6.07) is 33.0. The highest BCUT2D eigenvalue weighted by molar-refractivity contribution is 5.90. The van der Waals surface area contributed by atoms with Gasteiger partial charge in [0, 0.05) is 14.2 Å². The maximum Gasteiger partial charge on any atom is 0.338 e. The van der Waals surface area contributed by atoms with E-state index < -0.39 is 24.1 Å². The minimum absolute atomic E-state index is 0.0922. The summed E-state index contributed by atoms with van der Waals surface area (Å²) in [5, 5.41) is 0. The first-order valence-corrected chi connectivity index (χ1v) is 13.5. The van der Waals surface area contributed by atoms with Crippen molar-refractivity contribution in [1.82, 2.24) is 0 Å². The maximum absolute atomic E-state index is 12.6. The van der Waals surface area contributed by atoms with Crippen LogP contribution in [0.4, 0.5) is 0 Å². The normalized spacial score (nSPS) is 12.1. The van der Waals surface area contributed by atoms with Crippen LogP contribution in [-0.4, -0.2) is 51.6 Å². The minimum atomic E-state index is -0.658. The Morgan fingerprint density at radius 3 is 1.21 bits per heavy atom. The third-order valence-electron chi connectivity index (χ3n) is 6.45. The highest BCUT2D eigenvalue weighted by Gasteiger charge is 2.25. The number of rotatable bonds is 15. The predicted octanol–water partition coefficient (Wildman–Crippen LogP) is 5.89. The largest absolute Gasteiger partial charge is 0.489 e. The average molecular weight is 571 g/mol. The SMILES string of the molecule is CO[C@@H](COC(=O)c1ccc(OCc2ccccc2)cc1)[C@H](COC(=O)c1ccc(OCc2ccccc2)cc1)OC. The smallest absolute Gasteiger partial charge is 0.338 e. The Hall–Kier alpha value is -4.66. The van der Waals surface area contributed by atoms with E-state index >= 15 is 0 Å². The fraction of sp³-hybridized carbons (Fsp3) is 0.235. The lowest BCUT2D eigenvalue weighted by Gasteiger charge is -2.24. The Bertz CT molecular complexity index is 1260. The van der Waals surface area contributed by atoms with Gasteiger partial charge in [0.25, 0.3) is 0 Å². The van der Waals surface area contributed by atoms with Gasteiger partial charge < -0.3 is 28.4 Å². The van der Waals surface area contributed by atoms with E-state index in [1.807, 2.05) is 60.7 Å². The van der Waals surface area contributed by atoms with Gasteiger partial charge in [-0.05, 0) is 59.7 Å². The van der Waals surface area contributed by atoms with E-state index in [1.165, 1.54) is 14.2 Å². The number of carbonyl (C=O) groups excluding carboxylic acids is 2. The quantitative estimate of drug-likeness (QED) is 0.164. The molecule has 218 valence electrons. The Morgan fingerprint density at radius 2 is 0.881 bits per heavy atom. The number of methoxy groups -OCH3 is 2. The van der Waals surface area contributed by atoms with Crippen LogP contribution in [0.3, 0.4) is 0 Å². The van der Waals surface area contributed by atoms with Crippen LogP contribution in [0.15, 0.2) is 109 Å². The zero-order chi connectivity index (χ0) is 29.6. The average Bonchev–Trinajstić information content (AvgIpc) is 3.05. The van der Waals surface area contributed by atoms with Crippen molar-refractivity contribution in [2.75, 3.05) is 27.4 Å². The Morgan fingerprint density at radius 1 is 0.524 bits per heavy atom. The summed E-state index contributed by atoms with van der Waals surface area (Å²) in [5.74, 6) is 0.239. The van der Waals surface area contributed by atoms with E-state index in [0.29, 0.717) is 35.8 Å². The molecule has 0 radical (unpaired) electrons. The predicted molar refractivity (Wildman–Crippen MR) is 157 cm³/mol. The first-order chi connectivity index (χ1) is 20.6. The molecule has 4 rings (SSSR count). The van der Waals surface area contributed by atoms with Gasteiger partial charge in [-0.25, -0.2) is 9.59 Å². The molecule has 0 heterocycles. The van der Waals surface area contributed by atoms with Crippen molar-refractivity contribution in [2.45, 2.75) is 25.4 Å². The van der Waals surface area contributed by atoms with Crippen molar-refractivity contribution >= 4 is 11.9 Å². The van der Waals surface area contributed by atoms with Crippen molar-refractivity contribution < 1.29 is 38.0 Å². The summed E-state index contributed by atoms with van der Waals surface area (Å²) in [6.45, 7) is 0.672. The number of carbonyl (C=O) groups is 2. The molecule has 2 atom stereocenters. The maximum atomic E-state index is 12.6. The molecule has 0 aliphatic rings. The van der Waals surface area contributed by atoms with Gasteiger partial charge >= 0.3 is 11.9 Å². The van der Waals surface area contributed by atoms with E-state index in [-0.39, 0.29) is 13.2 Å². The number of hydrogen-bond donors (Lipinski definition) is 0. The second-order valence-electron chi connectivity index (χ2n) is 9.34. The fourth-order valence-electron chi connectivity index (χ4n) is 3.99. The van der Waals surface area contributed by atoms with Crippen molar-refractivity contribution in [3.05, 3.63) is 131 Å². The zero-order valence-electron chi connectivity index (χ0n) is 23.6. The lowest BCUT2D eigenvalue weighted by Crippen LogP contribution is -2.38.